The molecule has 0 aromatic carbocycles. The van der Waals surface area contributed by atoms with Crippen LogP contribution in [0.25, 0.3) is 0 Å². The standard InChI is InChI=1S/C13H22N4O2S/c1-9(2)17-12(16-7-5-4-6-10(16)3)14-15-13(17)20-8-11(18)19/h9-10H,4-8H2,1-3H3,(H,18,19). The highest BCUT2D eigenvalue weighted by molar-refractivity contribution is 7.99. The van der Waals surface area contributed by atoms with Crippen molar-refractivity contribution >= 4 is 23.7 Å². The Labute approximate surface area is 123 Å². The zero-order valence-electron chi connectivity index (χ0n) is 12.2. The molecule has 1 aliphatic rings. The lowest BCUT2D eigenvalue weighted by Gasteiger charge is -2.34. The van der Waals surface area contributed by atoms with Crippen LogP contribution in [-0.2, 0) is 4.79 Å². The average molecular weight is 298 g/mol. The molecule has 1 aromatic heterocycles. The number of aromatic nitrogens is 3. The Morgan fingerprint density at radius 3 is 2.80 bits per heavy atom. The van der Waals surface area contributed by atoms with Crippen molar-refractivity contribution in [2.24, 2.45) is 0 Å². The van der Waals surface area contributed by atoms with E-state index in [0.29, 0.717) is 11.2 Å². The van der Waals surface area contributed by atoms with Gasteiger partial charge in [-0.2, -0.15) is 0 Å². The first-order valence-corrected chi connectivity index (χ1v) is 8.05. The van der Waals surface area contributed by atoms with E-state index in [2.05, 4.69) is 40.4 Å². The molecule has 1 saturated heterocycles. The van der Waals surface area contributed by atoms with Crippen molar-refractivity contribution < 1.29 is 9.90 Å². The zero-order chi connectivity index (χ0) is 14.7. The Morgan fingerprint density at radius 1 is 1.45 bits per heavy atom. The lowest BCUT2D eigenvalue weighted by atomic mass is 10.0. The third kappa shape index (κ3) is 3.26. The number of piperidine rings is 1. The Kier molecular flexibility index (Phi) is 4.91. The summed E-state index contributed by atoms with van der Waals surface area (Å²) in [5.74, 6) is 0.0571. The van der Waals surface area contributed by atoms with Crippen molar-refractivity contribution in [3.8, 4) is 0 Å². The third-order valence-electron chi connectivity index (χ3n) is 3.55. The molecule has 0 amide bonds. The lowest BCUT2D eigenvalue weighted by molar-refractivity contribution is -0.133. The van der Waals surface area contributed by atoms with Crippen LogP contribution in [0.15, 0.2) is 5.16 Å². The molecule has 0 radical (unpaired) electrons. The lowest BCUT2D eigenvalue weighted by Crippen LogP contribution is -2.39. The van der Waals surface area contributed by atoms with Gasteiger partial charge in [0.05, 0.1) is 5.75 Å². The highest BCUT2D eigenvalue weighted by Crippen LogP contribution is 2.29. The average Bonchev–Trinajstić information content (AvgIpc) is 2.80. The van der Waals surface area contributed by atoms with Gasteiger partial charge in [-0.1, -0.05) is 11.8 Å². The second-order valence-electron chi connectivity index (χ2n) is 5.47. The van der Waals surface area contributed by atoms with Crippen molar-refractivity contribution in [3.63, 3.8) is 0 Å². The van der Waals surface area contributed by atoms with Gasteiger partial charge in [-0.05, 0) is 40.0 Å². The van der Waals surface area contributed by atoms with Crippen LogP contribution < -0.4 is 4.90 Å². The van der Waals surface area contributed by atoms with Crippen molar-refractivity contribution in [2.45, 2.75) is 57.3 Å². The molecule has 1 unspecified atom stereocenters. The summed E-state index contributed by atoms with van der Waals surface area (Å²) >= 11 is 1.23. The normalized spacial score (nSPS) is 19.6. The molecular weight excluding hydrogens is 276 g/mol. The van der Waals surface area contributed by atoms with Crippen molar-refractivity contribution in [1.29, 1.82) is 0 Å². The fourth-order valence-electron chi connectivity index (χ4n) is 2.54. The minimum absolute atomic E-state index is 0.0143. The van der Waals surface area contributed by atoms with Crippen LogP contribution in [0.2, 0.25) is 0 Å². The van der Waals surface area contributed by atoms with Crippen LogP contribution in [0, 0.1) is 0 Å². The highest BCUT2D eigenvalue weighted by Gasteiger charge is 2.26. The summed E-state index contributed by atoms with van der Waals surface area (Å²) in [5, 5.41) is 18.0. The fraction of sp³-hybridized carbons (Fsp3) is 0.769. The van der Waals surface area contributed by atoms with Crippen LogP contribution in [-0.4, -0.2) is 44.2 Å². The minimum Gasteiger partial charge on any atom is -0.481 e. The largest absolute Gasteiger partial charge is 0.481 e. The first-order valence-electron chi connectivity index (χ1n) is 7.07. The molecule has 2 rings (SSSR count). The van der Waals surface area contributed by atoms with Crippen LogP contribution in [0.5, 0.6) is 0 Å². The Morgan fingerprint density at radius 2 is 2.20 bits per heavy atom. The molecule has 1 aliphatic heterocycles. The van der Waals surface area contributed by atoms with E-state index in [1.54, 1.807) is 0 Å². The van der Waals surface area contributed by atoms with Gasteiger partial charge in [0.25, 0.3) is 0 Å². The Hall–Kier alpha value is -1.24. The van der Waals surface area contributed by atoms with Gasteiger partial charge in [0.15, 0.2) is 5.16 Å². The van der Waals surface area contributed by atoms with Gasteiger partial charge < -0.3 is 10.0 Å². The van der Waals surface area contributed by atoms with Crippen LogP contribution in [0.1, 0.15) is 46.1 Å². The molecule has 112 valence electrons. The van der Waals surface area contributed by atoms with Crippen molar-refractivity contribution in [2.75, 3.05) is 17.2 Å². The number of rotatable bonds is 5. The van der Waals surface area contributed by atoms with Gasteiger partial charge in [-0.3, -0.25) is 9.36 Å². The topological polar surface area (TPSA) is 71.2 Å². The molecule has 0 spiro atoms. The molecule has 0 bridgehead atoms. The quantitative estimate of drug-likeness (QED) is 0.842. The molecular formula is C13H22N4O2S. The number of hydrogen-bond donors (Lipinski definition) is 1. The summed E-state index contributed by atoms with van der Waals surface area (Å²) < 4.78 is 2.05. The highest BCUT2D eigenvalue weighted by atomic mass is 32.2. The van der Waals surface area contributed by atoms with E-state index < -0.39 is 5.97 Å². The van der Waals surface area contributed by atoms with Gasteiger partial charge in [-0.25, -0.2) is 0 Å². The van der Waals surface area contributed by atoms with E-state index in [4.69, 9.17) is 5.11 Å². The maximum atomic E-state index is 10.7. The summed E-state index contributed by atoms with van der Waals surface area (Å²) in [6.07, 6.45) is 3.60. The molecule has 20 heavy (non-hydrogen) atoms. The summed E-state index contributed by atoms with van der Waals surface area (Å²) in [7, 11) is 0. The smallest absolute Gasteiger partial charge is 0.313 e. The van der Waals surface area contributed by atoms with Crippen molar-refractivity contribution in [1.82, 2.24) is 14.8 Å². The molecule has 6 nitrogen and oxygen atoms in total. The first-order chi connectivity index (χ1) is 9.50. The number of carboxylic acid groups (broad SMARTS) is 1. The molecule has 0 aliphatic carbocycles. The van der Waals surface area contributed by atoms with Gasteiger partial charge in [0.2, 0.25) is 5.95 Å². The second-order valence-corrected chi connectivity index (χ2v) is 6.41. The number of aliphatic carboxylic acids is 1. The van der Waals surface area contributed by atoms with Gasteiger partial charge >= 0.3 is 5.97 Å². The Balaban J connectivity index is 2.26. The number of nitrogens with zero attached hydrogens (tertiary/aromatic N) is 4. The summed E-state index contributed by atoms with van der Waals surface area (Å²) in [4.78, 5) is 13.0. The van der Waals surface area contributed by atoms with Gasteiger partial charge in [0.1, 0.15) is 0 Å². The molecule has 1 fully saturated rings. The van der Waals surface area contributed by atoms with Crippen molar-refractivity contribution in [3.05, 3.63) is 0 Å². The molecule has 1 aromatic rings. The van der Waals surface area contributed by atoms with E-state index in [1.807, 2.05) is 0 Å². The second kappa shape index (κ2) is 6.47. The van der Waals surface area contributed by atoms with E-state index >= 15 is 0 Å². The maximum Gasteiger partial charge on any atom is 0.313 e. The number of carbonyl (C=O) groups is 1. The van der Waals surface area contributed by atoms with E-state index in [0.717, 1.165) is 12.5 Å². The Bertz CT molecular complexity index is 475. The fourth-order valence-corrected chi connectivity index (χ4v) is 3.32. The summed E-state index contributed by atoms with van der Waals surface area (Å²) in [5.41, 5.74) is 0. The summed E-state index contributed by atoms with van der Waals surface area (Å²) in [6, 6.07) is 0.674. The number of hydrogen-bond acceptors (Lipinski definition) is 5. The van der Waals surface area contributed by atoms with Gasteiger partial charge in [0, 0.05) is 18.6 Å². The predicted octanol–water partition coefficient (Wildman–Crippen LogP) is 2.41. The number of thioether (sulfide) groups is 1. The van der Waals surface area contributed by atoms with E-state index in [9.17, 15) is 4.79 Å². The molecule has 1 N–H and O–H groups in total. The molecule has 0 saturated carbocycles. The molecule has 2 heterocycles. The number of carboxylic acids is 1. The maximum absolute atomic E-state index is 10.7. The molecule has 1 atom stereocenters. The zero-order valence-corrected chi connectivity index (χ0v) is 13.1. The van der Waals surface area contributed by atoms with Crippen LogP contribution in [0.4, 0.5) is 5.95 Å². The monoisotopic (exact) mass is 298 g/mol. The first kappa shape index (κ1) is 15.2. The van der Waals surface area contributed by atoms with E-state index in [-0.39, 0.29) is 11.8 Å². The minimum atomic E-state index is -0.832. The van der Waals surface area contributed by atoms with Crippen LogP contribution in [0.3, 0.4) is 0 Å². The predicted molar refractivity (Wildman–Crippen MR) is 79.4 cm³/mol. The number of anilines is 1. The van der Waals surface area contributed by atoms with E-state index in [1.165, 1.54) is 31.0 Å². The van der Waals surface area contributed by atoms with Crippen LogP contribution >= 0.6 is 11.8 Å². The van der Waals surface area contributed by atoms with Gasteiger partial charge in [-0.15, -0.1) is 10.2 Å². The summed E-state index contributed by atoms with van der Waals surface area (Å²) in [6.45, 7) is 7.36. The molecule has 7 heteroatoms. The SMILES string of the molecule is CC1CCCCN1c1nnc(SCC(=O)O)n1C(C)C. The third-order valence-corrected chi connectivity index (χ3v) is 4.48.